The van der Waals surface area contributed by atoms with Gasteiger partial charge in [-0.3, -0.25) is 24.6 Å². The Kier molecular flexibility index (Phi) is 9.98. The van der Waals surface area contributed by atoms with Gasteiger partial charge in [-0.2, -0.15) is 18.2 Å². The molecule has 19 heteroatoms. The third kappa shape index (κ3) is 7.77. The Hall–Kier alpha value is -4.88. The number of piperidine rings is 2. The number of anilines is 2. The van der Waals surface area contributed by atoms with E-state index in [1.165, 1.54) is 21.3 Å². The average Bonchev–Trinajstić information content (AvgIpc) is 3.44. The Bertz CT molecular complexity index is 2110. The predicted octanol–water partition coefficient (Wildman–Crippen LogP) is 4.30. The Morgan fingerprint density at radius 2 is 1.77 bits per heavy atom. The van der Waals surface area contributed by atoms with E-state index in [0.29, 0.717) is 47.2 Å². The van der Waals surface area contributed by atoms with Gasteiger partial charge in [0.2, 0.25) is 21.9 Å². The summed E-state index contributed by atoms with van der Waals surface area (Å²) in [6.07, 6.45) is 3.46. The third-order valence-electron chi connectivity index (χ3n) is 9.83. The normalized spacial score (nSPS) is 20.6. The van der Waals surface area contributed by atoms with Gasteiger partial charge in [-0.25, -0.2) is 32.0 Å². The maximum atomic E-state index is 15.8. The Morgan fingerprint density at radius 3 is 2.47 bits per heavy atom. The molecule has 0 spiro atoms. The molecule has 3 aliphatic rings. The van der Waals surface area contributed by atoms with E-state index in [1.54, 1.807) is 47.0 Å². The van der Waals surface area contributed by atoms with E-state index in [1.807, 2.05) is 0 Å². The smallest absolute Gasteiger partial charge is 0.387 e. The second kappa shape index (κ2) is 14.5. The molecule has 1 atom stereocenters. The largest absolute Gasteiger partial charge is 0.432 e. The van der Waals surface area contributed by atoms with Crippen LogP contribution in [0.1, 0.15) is 42.7 Å². The van der Waals surface area contributed by atoms with E-state index in [9.17, 15) is 26.8 Å². The van der Waals surface area contributed by atoms with Crippen LogP contribution < -0.4 is 20.3 Å². The summed E-state index contributed by atoms with van der Waals surface area (Å²) in [4.78, 5) is 35.1. The fourth-order valence-corrected chi connectivity index (χ4v) is 8.72. The number of aromatic nitrogens is 4. The van der Waals surface area contributed by atoms with Crippen LogP contribution >= 0.6 is 0 Å². The summed E-state index contributed by atoms with van der Waals surface area (Å²) in [6, 6.07) is 10.7. The number of hydrogen-bond acceptors (Lipinski definition) is 10. The predicted molar refractivity (Wildman–Crippen MR) is 184 cm³/mol. The summed E-state index contributed by atoms with van der Waals surface area (Å²) in [7, 11) is -2.19. The number of nitrogens with zero attached hydrogens (tertiary/aromatic N) is 7. The fraction of sp³-hybridized carbons (Fsp3) is 0.441. The van der Waals surface area contributed by atoms with E-state index in [2.05, 4.69) is 30.4 Å². The summed E-state index contributed by atoms with van der Waals surface area (Å²) < 4.78 is 90.8. The highest BCUT2D eigenvalue weighted by atomic mass is 32.2. The number of hydrogen-bond donors (Lipinski definition) is 2. The molecule has 14 nitrogen and oxygen atoms in total. The minimum absolute atomic E-state index is 0.0819. The molecule has 0 bridgehead atoms. The molecule has 0 saturated carbocycles. The Morgan fingerprint density at radius 1 is 1.02 bits per heavy atom. The first-order valence-corrected chi connectivity index (χ1v) is 18.5. The van der Waals surface area contributed by atoms with Gasteiger partial charge in [-0.15, -0.1) is 0 Å². The second-order valence-corrected chi connectivity index (χ2v) is 15.3. The second-order valence-electron chi connectivity index (χ2n) is 13.4. The number of carbonyl (C=O) groups excluding carboxylic acids is 2. The Labute approximate surface area is 302 Å². The number of aryl methyl sites for hydroxylation is 1. The number of nitrogens with one attached hydrogen (secondary N) is 2. The maximum Gasteiger partial charge on any atom is 0.387 e. The van der Waals surface area contributed by atoms with Crippen LogP contribution in [-0.2, 0) is 28.4 Å². The molecular weight excluding hydrogens is 722 g/mol. The molecule has 3 amide bonds. The molecule has 3 saturated heterocycles. The highest BCUT2D eigenvalue weighted by Gasteiger charge is 2.45. The van der Waals surface area contributed by atoms with Gasteiger partial charge in [0, 0.05) is 51.1 Å². The number of rotatable bonds is 10. The highest BCUT2D eigenvalue weighted by molar-refractivity contribution is 7.89. The van der Waals surface area contributed by atoms with Crippen LogP contribution in [-0.4, -0.2) is 101 Å². The molecule has 1 unspecified atom stereocenters. The zero-order valence-electron chi connectivity index (χ0n) is 28.6. The van der Waals surface area contributed by atoms with Crippen LogP contribution in [0.3, 0.4) is 0 Å². The number of sulfonamides is 1. The quantitative estimate of drug-likeness (QED) is 0.224. The molecule has 5 heterocycles. The molecule has 0 radical (unpaired) electrons. The summed E-state index contributed by atoms with van der Waals surface area (Å²) in [5, 5.41) is 10.4. The van der Waals surface area contributed by atoms with E-state index in [0.717, 1.165) is 12.4 Å². The van der Waals surface area contributed by atoms with Gasteiger partial charge in [-0.05, 0) is 61.2 Å². The molecular formula is C34H37F4N9O5S. The van der Waals surface area contributed by atoms with Gasteiger partial charge >= 0.3 is 12.6 Å². The van der Waals surface area contributed by atoms with Crippen LogP contribution in [0.15, 0.2) is 59.8 Å². The van der Waals surface area contributed by atoms with Gasteiger partial charge < -0.3 is 10.1 Å². The van der Waals surface area contributed by atoms with Crippen molar-refractivity contribution in [2.24, 2.45) is 7.05 Å². The van der Waals surface area contributed by atoms with Crippen molar-refractivity contribution in [2.75, 3.05) is 42.9 Å². The lowest BCUT2D eigenvalue weighted by Crippen LogP contribution is -2.49. The van der Waals surface area contributed by atoms with Crippen molar-refractivity contribution in [1.29, 1.82) is 0 Å². The van der Waals surface area contributed by atoms with Crippen molar-refractivity contribution in [1.82, 2.24) is 34.3 Å². The van der Waals surface area contributed by atoms with E-state index < -0.39 is 41.1 Å². The molecule has 2 aromatic carbocycles. The van der Waals surface area contributed by atoms with Gasteiger partial charge in [0.25, 0.3) is 5.92 Å². The summed E-state index contributed by atoms with van der Waals surface area (Å²) in [6.45, 7) is -2.39. The van der Waals surface area contributed by atoms with Gasteiger partial charge in [0.15, 0.2) is 11.6 Å². The number of halogens is 4. The Balaban J connectivity index is 0.965. The molecule has 3 fully saturated rings. The number of amides is 3. The number of carbonyl (C=O) groups is 2. The number of alkyl halides is 4. The van der Waals surface area contributed by atoms with Crippen molar-refractivity contribution in [3.8, 4) is 5.75 Å². The number of fused-ring (bicyclic) bond motifs is 1. The first-order chi connectivity index (χ1) is 25.3. The lowest BCUT2D eigenvalue weighted by Gasteiger charge is -2.38. The topological polar surface area (TPSA) is 155 Å². The molecule has 0 aliphatic carbocycles. The minimum Gasteiger partial charge on any atom is -0.432 e. The fourth-order valence-electron chi connectivity index (χ4n) is 7.18. The third-order valence-corrected chi connectivity index (χ3v) is 11.7. The van der Waals surface area contributed by atoms with Crippen molar-refractivity contribution in [3.05, 3.63) is 66.0 Å². The van der Waals surface area contributed by atoms with Gasteiger partial charge in [0.05, 0.1) is 35.3 Å². The van der Waals surface area contributed by atoms with Crippen LogP contribution in [0.5, 0.6) is 5.75 Å². The van der Waals surface area contributed by atoms with E-state index in [4.69, 9.17) is 0 Å². The van der Waals surface area contributed by atoms with Crippen molar-refractivity contribution < 1.29 is 40.3 Å². The molecule has 7 rings (SSSR count). The lowest BCUT2D eigenvalue weighted by molar-refractivity contribution is -0.120. The van der Waals surface area contributed by atoms with Crippen LogP contribution in [0, 0.1) is 0 Å². The highest BCUT2D eigenvalue weighted by Crippen LogP contribution is 2.42. The number of likely N-dealkylation sites (tertiary alicyclic amines) is 1. The standard InChI is InChI=1S/C34H37F4N9O5S/c1-44-28-16-22(5-6-26(28)30(43-44)47-14-10-29(48)42-33(47)49)27-9-11-45(20-34(27,37)38)19-21-3-2-4-25(15-21)53(50,51)46-12-7-23(8-13-46)41-32-39-17-24(18-40-32)52-31(35)36/h2-6,15-18,23,27,31H,7-14,19-20H2,1H3,(H,39,40,41)(H,42,48,49). The van der Waals surface area contributed by atoms with Crippen molar-refractivity contribution in [3.63, 3.8) is 0 Å². The molecule has 3 aliphatic heterocycles. The van der Waals surface area contributed by atoms with Crippen LogP contribution in [0.2, 0.25) is 0 Å². The zero-order valence-corrected chi connectivity index (χ0v) is 29.4. The van der Waals surface area contributed by atoms with E-state index in [-0.39, 0.29) is 67.6 Å². The first-order valence-electron chi connectivity index (χ1n) is 17.1. The number of imide groups is 1. The number of urea groups is 1. The van der Waals surface area contributed by atoms with Gasteiger partial charge in [-0.1, -0.05) is 18.2 Å². The molecule has 4 aromatic rings. The zero-order chi connectivity index (χ0) is 37.5. The number of benzene rings is 2. The van der Waals surface area contributed by atoms with Crippen molar-refractivity contribution in [2.45, 2.75) is 61.6 Å². The number of ether oxygens (including phenoxy) is 1. The van der Waals surface area contributed by atoms with E-state index >= 15 is 8.78 Å². The first kappa shape index (κ1) is 36.5. The van der Waals surface area contributed by atoms with Crippen molar-refractivity contribution >= 4 is 44.6 Å². The summed E-state index contributed by atoms with van der Waals surface area (Å²) in [5.41, 5.74) is 1.63. The minimum atomic E-state index is -3.87. The SMILES string of the molecule is Cn1nc(N2CCC(=O)NC2=O)c2ccc(C3CCN(Cc4cccc(S(=O)(=O)N5CCC(Nc6ncc(OC(F)F)cn6)CC5)c4)CC3(F)F)cc21. The molecule has 53 heavy (non-hydrogen) atoms. The average molecular weight is 760 g/mol. The summed E-state index contributed by atoms with van der Waals surface area (Å²) >= 11 is 0. The lowest BCUT2D eigenvalue weighted by atomic mass is 9.85. The monoisotopic (exact) mass is 759 g/mol. The van der Waals surface area contributed by atoms with Crippen LogP contribution in [0.4, 0.5) is 34.1 Å². The molecule has 2 N–H and O–H groups in total. The van der Waals surface area contributed by atoms with Crippen LogP contribution in [0.25, 0.3) is 10.9 Å². The summed E-state index contributed by atoms with van der Waals surface area (Å²) in [5.74, 6) is -4.12. The maximum absolute atomic E-state index is 15.8. The van der Waals surface area contributed by atoms with Gasteiger partial charge in [0.1, 0.15) is 0 Å². The molecule has 282 valence electrons. The molecule has 2 aromatic heterocycles.